The monoisotopic (exact) mass is 450 g/mol. The van der Waals surface area contributed by atoms with Crippen LogP contribution < -0.4 is 10.6 Å². The first-order chi connectivity index (χ1) is 14.4. The molecule has 11 heteroatoms. The van der Waals surface area contributed by atoms with Gasteiger partial charge < -0.3 is 15.2 Å². The third-order valence-corrected chi connectivity index (χ3v) is 6.16. The molecule has 2 aromatic rings. The molecule has 1 saturated heterocycles. The van der Waals surface area contributed by atoms with Gasteiger partial charge in [0, 0.05) is 29.1 Å². The summed E-state index contributed by atoms with van der Waals surface area (Å²) in [7, 11) is 0. The Morgan fingerprint density at radius 2 is 2.13 bits per heavy atom. The molecule has 1 fully saturated rings. The van der Waals surface area contributed by atoms with Crippen LogP contribution in [0.3, 0.4) is 0 Å². The number of halogens is 2. The van der Waals surface area contributed by atoms with E-state index in [-0.39, 0.29) is 28.9 Å². The quantitative estimate of drug-likeness (QED) is 0.661. The number of benzene rings is 1. The number of anilines is 1. The third kappa shape index (κ3) is 3.98. The molecule has 156 valence electrons. The van der Waals surface area contributed by atoms with Crippen LogP contribution >= 0.6 is 23.4 Å². The van der Waals surface area contributed by atoms with Crippen LogP contribution in [0.4, 0.5) is 14.9 Å². The third-order valence-electron chi connectivity index (χ3n) is 4.90. The number of rotatable bonds is 3. The van der Waals surface area contributed by atoms with Gasteiger partial charge >= 0.3 is 6.09 Å². The van der Waals surface area contributed by atoms with Gasteiger partial charge in [-0.05, 0) is 30.3 Å². The topological polar surface area (TPSA) is 113 Å². The summed E-state index contributed by atoms with van der Waals surface area (Å²) in [4.78, 5) is 32.0. The number of aliphatic imine (C=N–C) groups is 1. The Morgan fingerprint density at radius 1 is 1.30 bits per heavy atom. The number of amides is 2. The fourth-order valence-electron chi connectivity index (χ4n) is 3.47. The maximum absolute atomic E-state index is 14.9. The Bertz CT molecular complexity index is 1040. The number of ether oxygens (including phenoxy) is 1. The van der Waals surface area contributed by atoms with E-state index in [1.807, 2.05) is 0 Å². The van der Waals surface area contributed by atoms with E-state index in [2.05, 4.69) is 20.6 Å². The van der Waals surface area contributed by atoms with Crippen molar-refractivity contribution in [2.24, 2.45) is 10.9 Å². The van der Waals surface area contributed by atoms with Crippen molar-refractivity contribution in [3.63, 3.8) is 0 Å². The predicted octanol–water partition coefficient (Wildman–Crippen LogP) is 3.34. The fourth-order valence-corrected chi connectivity index (χ4v) is 4.70. The lowest BCUT2D eigenvalue weighted by molar-refractivity contribution is 0.102. The molecular formula is C19H16ClFN4O4S. The lowest BCUT2D eigenvalue weighted by atomic mass is 9.81. The second kappa shape index (κ2) is 8.21. The molecule has 0 radical (unpaired) electrons. The maximum Gasteiger partial charge on any atom is 0.410 e. The molecule has 4 rings (SSSR count). The molecule has 0 aliphatic carbocycles. The number of aromatic nitrogens is 1. The van der Waals surface area contributed by atoms with Crippen LogP contribution in [0.5, 0.6) is 0 Å². The zero-order valence-electron chi connectivity index (χ0n) is 15.4. The average molecular weight is 451 g/mol. The van der Waals surface area contributed by atoms with Gasteiger partial charge in [-0.25, -0.2) is 19.2 Å². The standard InChI is InChI=1S/C19H16ClFN4O4S/c20-11-1-4-15(22-6-11)16(26)23-12-2-3-14(21)13(5-12)19-9-29-7-10(19)8-30-17(25-19)24-18(27)28/h1-6,10H,7-9H2,(H,23,26)(H,24,25)(H,27,28). The molecular weight excluding hydrogens is 435 g/mol. The summed E-state index contributed by atoms with van der Waals surface area (Å²) < 4.78 is 20.5. The number of hydrogen-bond donors (Lipinski definition) is 3. The molecule has 8 nitrogen and oxygen atoms in total. The lowest BCUT2D eigenvalue weighted by Gasteiger charge is -2.35. The molecule has 1 aromatic carbocycles. The second-order valence-corrected chi connectivity index (χ2v) is 8.25. The minimum absolute atomic E-state index is 0.107. The van der Waals surface area contributed by atoms with Crippen LogP contribution in [0, 0.1) is 11.7 Å². The highest BCUT2D eigenvalue weighted by Gasteiger charge is 2.49. The normalized spacial score (nSPS) is 22.7. The molecule has 2 atom stereocenters. The van der Waals surface area contributed by atoms with E-state index in [0.29, 0.717) is 23.1 Å². The minimum Gasteiger partial charge on any atom is -0.465 e. The van der Waals surface area contributed by atoms with Gasteiger partial charge in [-0.15, -0.1) is 0 Å². The number of amidine groups is 1. The number of carbonyl (C=O) groups excluding carboxylic acids is 1. The van der Waals surface area contributed by atoms with Crippen molar-refractivity contribution in [1.29, 1.82) is 0 Å². The summed E-state index contributed by atoms with van der Waals surface area (Å²) in [5.41, 5.74) is -0.330. The summed E-state index contributed by atoms with van der Waals surface area (Å²) in [6.45, 7) is 0.484. The Labute approximate surface area is 179 Å². The first-order valence-corrected chi connectivity index (χ1v) is 10.3. The second-order valence-electron chi connectivity index (χ2n) is 6.80. The molecule has 2 unspecified atom stereocenters. The van der Waals surface area contributed by atoms with Crippen molar-refractivity contribution in [2.75, 3.05) is 24.3 Å². The maximum atomic E-state index is 14.9. The van der Waals surface area contributed by atoms with Crippen molar-refractivity contribution >= 4 is 46.2 Å². The molecule has 3 N–H and O–H groups in total. The molecule has 0 bridgehead atoms. The van der Waals surface area contributed by atoms with Crippen LogP contribution in [-0.2, 0) is 10.3 Å². The average Bonchev–Trinajstić information content (AvgIpc) is 3.13. The molecule has 3 heterocycles. The van der Waals surface area contributed by atoms with Crippen LogP contribution in [0.25, 0.3) is 0 Å². The Hall–Kier alpha value is -2.69. The first-order valence-electron chi connectivity index (χ1n) is 8.91. The van der Waals surface area contributed by atoms with Crippen LogP contribution in [0.15, 0.2) is 41.5 Å². The molecule has 2 aliphatic heterocycles. The summed E-state index contributed by atoms with van der Waals surface area (Å²) >= 11 is 7.04. The van der Waals surface area contributed by atoms with Gasteiger partial charge in [-0.1, -0.05) is 23.4 Å². The van der Waals surface area contributed by atoms with Crippen LogP contribution in [0.1, 0.15) is 16.1 Å². The summed E-state index contributed by atoms with van der Waals surface area (Å²) in [5.74, 6) is -0.611. The van der Waals surface area contributed by atoms with E-state index < -0.39 is 23.4 Å². The fraction of sp³-hybridized carbons (Fsp3) is 0.263. The Morgan fingerprint density at radius 3 is 2.87 bits per heavy atom. The van der Waals surface area contributed by atoms with E-state index in [1.54, 1.807) is 6.07 Å². The van der Waals surface area contributed by atoms with Gasteiger partial charge in [0.25, 0.3) is 5.91 Å². The SMILES string of the molecule is O=C(O)NC1=NC2(c3cc(NC(=O)c4ccc(Cl)cn4)ccc3F)COCC2CS1. The largest absolute Gasteiger partial charge is 0.465 e. The summed E-state index contributed by atoms with van der Waals surface area (Å²) in [5, 5.41) is 14.5. The van der Waals surface area contributed by atoms with E-state index in [9.17, 15) is 14.0 Å². The predicted molar refractivity (Wildman–Crippen MR) is 111 cm³/mol. The van der Waals surface area contributed by atoms with Gasteiger partial charge in [0.2, 0.25) is 0 Å². The number of fused-ring (bicyclic) bond motifs is 1. The van der Waals surface area contributed by atoms with Crippen molar-refractivity contribution in [2.45, 2.75) is 5.54 Å². The van der Waals surface area contributed by atoms with Gasteiger partial charge in [0.1, 0.15) is 17.1 Å². The highest BCUT2D eigenvalue weighted by molar-refractivity contribution is 8.13. The number of nitrogens with one attached hydrogen (secondary N) is 2. The van der Waals surface area contributed by atoms with Crippen molar-refractivity contribution < 1.29 is 23.8 Å². The molecule has 1 aromatic heterocycles. The zero-order chi connectivity index (χ0) is 21.3. The molecule has 2 amide bonds. The lowest BCUT2D eigenvalue weighted by Crippen LogP contribution is -2.42. The molecule has 0 saturated carbocycles. The van der Waals surface area contributed by atoms with E-state index in [0.717, 1.165) is 0 Å². The number of hydrogen-bond acceptors (Lipinski definition) is 6. The van der Waals surface area contributed by atoms with Crippen LogP contribution in [-0.4, -0.2) is 46.2 Å². The number of nitrogens with zero attached hydrogens (tertiary/aromatic N) is 2. The Kier molecular flexibility index (Phi) is 5.63. The molecule has 2 aliphatic rings. The van der Waals surface area contributed by atoms with Crippen molar-refractivity contribution in [3.8, 4) is 0 Å². The van der Waals surface area contributed by atoms with E-state index in [1.165, 1.54) is 42.2 Å². The smallest absolute Gasteiger partial charge is 0.410 e. The van der Waals surface area contributed by atoms with Crippen LogP contribution in [0.2, 0.25) is 5.02 Å². The van der Waals surface area contributed by atoms with Crippen molar-refractivity contribution in [3.05, 3.63) is 58.6 Å². The van der Waals surface area contributed by atoms with Gasteiger partial charge in [0.15, 0.2) is 5.17 Å². The Balaban J connectivity index is 1.67. The van der Waals surface area contributed by atoms with Gasteiger partial charge in [-0.2, -0.15) is 0 Å². The number of thioether (sulfide) groups is 1. The minimum atomic E-state index is -1.24. The van der Waals surface area contributed by atoms with E-state index in [4.69, 9.17) is 21.4 Å². The van der Waals surface area contributed by atoms with E-state index >= 15 is 0 Å². The van der Waals surface area contributed by atoms with Gasteiger partial charge in [0.05, 0.1) is 18.2 Å². The highest BCUT2D eigenvalue weighted by Crippen LogP contribution is 2.46. The van der Waals surface area contributed by atoms with Crippen molar-refractivity contribution in [1.82, 2.24) is 10.3 Å². The first kappa shape index (κ1) is 20.6. The summed E-state index contributed by atoms with van der Waals surface area (Å²) in [6, 6.07) is 7.21. The zero-order valence-corrected chi connectivity index (χ0v) is 17.0. The van der Waals surface area contributed by atoms with Gasteiger partial charge in [-0.3, -0.25) is 10.1 Å². The number of carbonyl (C=O) groups is 2. The highest BCUT2D eigenvalue weighted by atomic mass is 35.5. The number of pyridine rings is 1. The molecule has 0 spiro atoms. The summed E-state index contributed by atoms with van der Waals surface area (Å²) in [6.07, 6.45) is 0.114. The molecule has 30 heavy (non-hydrogen) atoms. The number of carboxylic acid groups (broad SMARTS) is 1.